The number of hydrogen-bond donors (Lipinski definition) is 0. The molecule has 84 valence electrons. The molecular formula is H16FeO8Ti2Zr. The Labute approximate surface area is 129 Å². The Balaban J connectivity index is 0. The van der Waals surface area contributed by atoms with E-state index in [1.807, 2.05) is 0 Å². The van der Waals surface area contributed by atoms with E-state index in [-0.39, 0.29) is 131 Å². The van der Waals surface area contributed by atoms with Gasteiger partial charge in [0.05, 0.1) is 0 Å². The van der Waals surface area contributed by atoms with Crippen molar-refractivity contribution >= 4 is 0 Å². The summed E-state index contributed by atoms with van der Waals surface area (Å²) in [4.78, 5) is 0. The van der Waals surface area contributed by atoms with Crippen molar-refractivity contribution in [1.82, 2.24) is 0 Å². The second-order valence-corrected chi connectivity index (χ2v) is 0. The normalized spacial score (nSPS) is 0. The van der Waals surface area contributed by atoms with Gasteiger partial charge in [-0.2, -0.15) is 0 Å². The average molecular weight is 387 g/mol. The molecule has 0 unspecified atom stereocenters. The molecule has 0 atom stereocenters. The predicted molar refractivity (Wildman–Crippen MR) is 28.9 cm³/mol. The topological polar surface area (TPSA) is 252 Å². The Morgan fingerprint density at radius 2 is 0.333 bits per heavy atom. The van der Waals surface area contributed by atoms with Gasteiger partial charge in [0.2, 0.25) is 0 Å². The van der Waals surface area contributed by atoms with Crippen LogP contribution >= 0.6 is 0 Å². The first kappa shape index (κ1) is 420. The summed E-state index contributed by atoms with van der Waals surface area (Å²) in [7, 11) is 0. The molecule has 0 fully saturated rings. The summed E-state index contributed by atoms with van der Waals surface area (Å²) in [5.74, 6) is 0. The van der Waals surface area contributed by atoms with Gasteiger partial charge < -0.3 is 43.8 Å². The van der Waals surface area contributed by atoms with Crippen LogP contribution in [0.5, 0.6) is 0 Å². The van der Waals surface area contributed by atoms with Crippen molar-refractivity contribution in [2.24, 2.45) is 0 Å². The molecule has 0 spiro atoms. The number of rotatable bonds is 0. The minimum absolute atomic E-state index is 0. The third-order valence-electron chi connectivity index (χ3n) is 0. The largest absolute Gasteiger partial charge is 0.412 e. The van der Waals surface area contributed by atoms with Crippen LogP contribution in [0.25, 0.3) is 0 Å². The summed E-state index contributed by atoms with van der Waals surface area (Å²) in [5, 5.41) is 0. The maximum Gasteiger partial charge on any atom is 0 e. The molecule has 0 bridgehead atoms. The Morgan fingerprint density at radius 1 is 0.333 bits per heavy atom. The molecule has 0 aliphatic carbocycles. The standard InChI is InChI=1S/Fe.8H2O.2Ti.Zr/h;8*1H2;;;. The zero-order valence-corrected chi connectivity index (χ0v) is 12.5. The Bertz CT molecular complexity index is 17.0. The first-order chi connectivity index (χ1) is 0. The minimum atomic E-state index is 0. The summed E-state index contributed by atoms with van der Waals surface area (Å²) < 4.78 is 0. The SMILES string of the molecule is O.O.O.O.O.O.O.O.[Fe].[Ti].[Ti].[Zr]. The van der Waals surface area contributed by atoms with E-state index < -0.39 is 0 Å². The van der Waals surface area contributed by atoms with E-state index in [1.165, 1.54) is 0 Å². The van der Waals surface area contributed by atoms with Crippen molar-refractivity contribution in [1.29, 1.82) is 0 Å². The molecule has 8 nitrogen and oxygen atoms in total. The van der Waals surface area contributed by atoms with E-state index in [0.29, 0.717) is 0 Å². The van der Waals surface area contributed by atoms with Crippen molar-refractivity contribution < 1.29 is 131 Å². The maximum atomic E-state index is 0. The smallest absolute Gasteiger partial charge is 0 e. The van der Waals surface area contributed by atoms with Crippen LogP contribution in [0.3, 0.4) is 0 Å². The van der Waals surface area contributed by atoms with Gasteiger partial charge >= 0.3 is 0 Å². The number of hydrogen-bond acceptors (Lipinski definition) is 0. The van der Waals surface area contributed by atoms with E-state index in [1.54, 1.807) is 0 Å². The molecule has 0 aliphatic heterocycles. The predicted octanol–water partition coefficient (Wildman–Crippen LogP) is -6.61. The van der Waals surface area contributed by atoms with Crippen molar-refractivity contribution in [2.45, 2.75) is 0 Å². The molecule has 0 aromatic rings. The van der Waals surface area contributed by atoms with Crippen LogP contribution in [0.15, 0.2) is 0 Å². The van der Waals surface area contributed by atoms with E-state index >= 15 is 0 Å². The summed E-state index contributed by atoms with van der Waals surface area (Å²) >= 11 is 0. The quantitative estimate of drug-likeness (QED) is 0.351. The van der Waals surface area contributed by atoms with Crippen molar-refractivity contribution in [3.05, 3.63) is 0 Å². The maximum absolute atomic E-state index is 0. The molecule has 0 aliphatic rings. The monoisotopic (exact) mass is 386 g/mol. The molecule has 0 aromatic heterocycles. The average Bonchev–Trinajstić information content (AvgIpc) is 0. The molecule has 0 rings (SSSR count). The van der Waals surface area contributed by atoms with E-state index in [2.05, 4.69) is 0 Å². The fourth-order valence-corrected chi connectivity index (χ4v) is 0. The van der Waals surface area contributed by atoms with Gasteiger partial charge in [0, 0.05) is 86.7 Å². The Hall–Kier alpha value is 2.51. The molecule has 12 heavy (non-hydrogen) atoms. The Kier molecular flexibility index (Phi) is 11700. The van der Waals surface area contributed by atoms with Crippen LogP contribution in [0.2, 0.25) is 0 Å². The van der Waals surface area contributed by atoms with Crippen molar-refractivity contribution in [3.63, 3.8) is 0 Å². The van der Waals surface area contributed by atoms with Crippen molar-refractivity contribution in [3.8, 4) is 0 Å². The molecule has 0 radical (unpaired) electrons. The van der Waals surface area contributed by atoms with Crippen LogP contribution in [0, 0.1) is 0 Å². The first-order valence-electron chi connectivity index (χ1n) is 0. The molecule has 16 N–H and O–H groups in total. The minimum Gasteiger partial charge on any atom is -0.412 e. The van der Waals surface area contributed by atoms with Gasteiger partial charge in [-0.05, 0) is 0 Å². The van der Waals surface area contributed by atoms with Crippen LogP contribution < -0.4 is 0 Å². The second-order valence-electron chi connectivity index (χ2n) is 0. The Morgan fingerprint density at radius 3 is 0.333 bits per heavy atom. The zero-order chi connectivity index (χ0) is 0. The zero-order valence-electron chi connectivity index (χ0n) is 5.85. The molecular weight excluding hydrogens is 371 g/mol. The third-order valence-corrected chi connectivity index (χ3v) is 0. The molecule has 0 aromatic carbocycles. The summed E-state index contributed by atoms with van der Waals surface area (Å²) in [6.07, 6.45) is 0. The van der Waals surface area contributed by atoms with Crippen LogP contribution in [-0.2, 0) is 86.7 Å². The molecule has 12 heteroatoms. The molecule has 0 amide bonds. The van der Waals surface area contributed by atoms with Gasteiger partial charge in [0.1, 0.15) is 0 Å². The fraction of sp³-hybridized carbons (Fsp3) is 0. The van der Waals surface area contributed by atoms with E-state index in [4.69, 9.17) is 0 Å². The van der Waals surface area contributed by atoms with Gasteiger partial charge in [0.15, 0.2) is 0 Å². The second kappa shape index (κ2) is 335. The van der Waals surface area contributed by atoms with Gasteiger partial charge in [-0.1, -0.05) is 0 Å². The third kappa shape index (κ3) is 263. The van der Waals surface area contributed by atoms with E-state index in [9.17, 15) is 0 Å². The van der Waals surface area contributed by atoms with Gasteiger partial charge in [0.25, 0.3) is 0 Å². The summed E-state index contributed by atoms with van der Waals surface area (Å²) in [6.45, 7) is 0. The molecule has 0 saturated heterocycles. The van der Waals surface area contributed by atoms with Gasteiger partial charge in [-0.15, -0.1) is 0 Å². The molecule has 0 saturated carbocycles. The van der Waals surface area contributed by atoms with Gasteiger partial charge in [-0.25, -0.2) is 0 Å². The summed E-state index contributed by atoms with van der Waals surface area (Å²) in [5.41, 5.74) is 0. The van der Waals surface area contributed by atoms with Crippen LogP contribution in [0.4, 0.5) is 0 Å². The van der Waals surface area contributed by atoms with Crippen LogP contribution in [-0.4, -0.2) is 43.8 Å². The van der Waals surface area contributed by atoms with Gasteiger partial charge in [-0.3, -0.25) is 0 Å². The first-order valence-corrected chi connectivity index (χ1v) is 0. The fourth-order valence-electron chi connectivity index (χ4n) is 0. The molecule has 0 heterocycles. The van der Waals surface area contributed by atoms with E-state index in [0.717, 1.165) is 0 Å². The van der Waals surface area contributed by atoms with Crippen molar-refractivity contribution in [2.75, 3.05) is 0 Å². The van der Waals surface area contributed by atoms with Crippen LogP contribution in [0.1, 0.15) is 0 Å². The summed E-state index contributed by atoms with van der Waals surface area (Å²) in [6, 6.07) is 0.